The van der Waals surface area contributed by atoms with Gasteiger partial charge >= 0.3 is 5.69 Å². The number of H-pyrrole nitrogens is 1. The first kappa shape index (κ1) is 14.9. The zero-order chi connectivity index (χ0) is 15.0. The highest BCUT2D eigenvalue weighted by molar-refractivity contribution is 5.03. The van der Waals surface area contributed by atoms with Crippen LogP contribution < -0.4 is 17.0 Å². The Bertz CT molecular complexity index is 595. The van der Waals surface area contributed by atoms with E-state index in [1.54, 1.807) is 0 Å². The number of aryl methyl sites for hydroxylation is 1. The highest BCUT2D eigenvalue weighted by Crippen LogP contribution is 2.25. The van der Waals surface area contributed by atoms with E-state index < -0.39 is 48.4 Å². The molecule has 0 aliphatic carbocycles. The zero-order valence-corrected chi connectivity index (χ0v) is 10.8. The lowest BCUT2D eigenvalue weighted by Crippen LogP contribution is -2.61. The van der Waals surface area contributed by atoms with Crippen LogP contribution in [0.2, 0.25) is 0 Å². The lowest BCUT2D eigenvalue weighted by molar-refractivity contribution is -0.211. The number of ether oxygens (including phenoxy) is 1. The molecular formula is C11H17N3O6. The van der Waals surface area contributed by atoms with Gasteiger partial charge in [-0.05, 0) is 6.92 Å². The average molecular weight is 287 g/mol. The zero-order valence-electron chi connectivity index (χ0n) is 10.8. The summed E-state index contributed by atoms with van der Waals surface area (Å²) < 4.78 is 6.38. The van der Waals surface area contributed by atoms with Crippen molar-refractivity contribution in [2.45, 2.75) is 37.5 Å². The molecule has 5 atom stereocenters. The summed E-state index contributed by atoms with van der Waals surface area (Å²) >= 11 is 0. The topological polar surface area (TPSA) is 151 Å². The number of hydrogen-bond donors (Lipinski definition) is 5. The summed E-state index contributed by atoms with van der Waals surface area (Å²) in [6, 6.07) is -1.09. The molecule has 0 saturated carbocycles. The van der Waals surface area contributed by atoms with E-state index in [0.29, 0.717) is 0 Å². The van der Waals surface area contributed by atoms with Crippen LogP contribution >= 0.6 is 0 Å². The number of hydrogen-bond acceptors (Lipinski definition) is 7. The number of nitrogens with zero attached hydrogens (tertiary/aromatic N) is 1. The molecule has 1 saturated heterocycles. The van der Waals surface area contributed by atoms with E-state index in [9.17, 15) is 19.8 Å². The largest absolute Gasteiger partial charge is 0.394 e. The highest BCUT2D eigenvalue weighted by Gasteiger charge is 2.43. The van der Waals surface area contributed by atoms with Gasteiger partial charge in [0.25, 0.3) is 5.56 Å². The Morgan fingerprint density at radius 1 is 1.40 bits per heavy atom. The van der Waals surface area contributed by atoms with E-state index in [1.807, 2.05) is 0 Å². The van der Waals surface area contributed by atoms with Crippen molar-refractivity contribution in [1.29, 1.82) is 0 Å². The lowest BCUT2D eigenvalue weighted by atomic mass is 9.97. The molecule has 2 heterocycles. The number of nitrogens with two attached hydrogens (primary N) is 1. The van der Waals surface area contributed by atoms with Crippen LogP contribution in [0.25, 0.3) is 0 Å². The van der Waals surface area contributed by atoms with Gasteiger partial charge in [-0.2, -0.15) is 0 Å². The minimum atomic E-state index is -1.37. The number of nitrogens with one attached hydrogen (secondary N) is 1. The summed E-state index contributed by atoms with van der Waals surface area (Å²) in [5, 5.41) is 28.6. The summed E-state index contributed by atoms with van der Waals surface area (Å²) in [5.41, 5.74) is 4.73. The SMILES string of the molecule is Cc1cn([C@@H]2O[C@H](CO)[C@@H](O)[C@H](O)[C@H]2N)c(=O)[nH]c1=O. The van der Waals surface area contributed by atoms with E-state index in [1.165, 1.54) is 13.1 Å². The van der Waals surface area contributed by atoms with Crippen LogP contribution in [-0.4, -0.2) is 55.8 Å². The number of aromatic amines is 1. The standard InChI is InChI=1S/C11H17N3O6/c1-4-2-14(11(19)13-9(4)18)10-6(12)8(17)7(16)5(3-15)20-10/h2,5-8,10,15-17H,3,12H2,1H3,(H,13,18,19)/t5-,6-,7-,8-,10-/m1/s1. The van der Waals surface area contributed by atoms with Crippen LogP contribution in [0.4, 0.5) is 0 Å². The number of aromatic nitrogens is 2. The smallest absolute Gasteiger partial charge is 0.330 e. The van der Waals surface area contributed by atoms with Gasteiger partial charge in [0, 0.05) is 11.8 Å². The van der Waals surface area contributed by atoms with Gasteiger partial charge in [-0.3, -0.25) is 14.3 Å². The molecule has 0 aromatic carbocycles. The van der Waals surface area contributed by atoms with Crippen molar-refractivity contribution in [2.75, 3.05) is 6.61 Å². The Morgan fingerprint density at radius 2 is 2.05 bits per heavy atom. The third-order valence-electron chi connectivity index (χ3n) is 3.37. The predicted molar refractivity (Wildman–Crippen MR) is 67.0 cm³/mol. The Balaban J connectivity index is 2.44. The molecule has 0 bridgehead atoms. The minimum absolute atomic E-state index is 0.265. The molecule has 1 aromatic heterocycles. The van der Waals surface area contributed by atoms with Crippen LogP contribution in [0, 0.1) is 6.92 Å². The second-order valence-corrected chi connectivity index (χ2v) is 4.78. The van der Waals surface area contributed by atoms with Crippen molar-refractivity contribution >= 4 is 0 Å². The van der Waals surface area contributed by atoms with E-state index in [2.05, 4.69) is 4.98 Å². The molecule has 1 fully saturated rings. The third kappa shape index (κ3) is 2.41. The minimum Gasteiger partial charge on any atom is -0.394 e. The fourth-order valence-electron chi connectivity index (χ4n) is 2.14. The second kappa shape index (κ2) is 5.46. The maximum absolute atomic E-state index is 11.8. The molecule has 6 N–H and O–H groups in total. The van der Waals surface area contributed by atoms with Crippen molar-refractivity contribution in [2.24, 2.45) is 5.73 Å². The van der Waals surface area contributed by atoms with Gasteiger partial charge in [0.1, 0.15) is 18.3 Å². The number of rotatable bonds is 2. The lowest BCUT2D eigenvalue weighted by Gasteiger charge is -2.41. The Kier molecular flexibility index (Phi) is 4.06. The first-order valence-electron chi connectivity index (χ1n) is 6.07. The molecule has 0 amide bonds. The Labute approximate surface area is 113 Å². The second-order valence-electron chi connectivity index (χ2n) is 4.78. The first-order chi connectivity index (χ1) is 9.36. The van der Waals surface area contributed by atoms with Crippen molar-refractivity contribution in [3.05, 3.63) is 32.6 Å². The van der Waals surface area contributed by atoms with E-state index >= 15 is 0 Å². The van der Waals surface area contributed by atoms with Gasteiger partial charge < -0.3 is 25.8 Å². The van der Waals surface area contributed by atoms with Crippen LogP contribution in [0.5, 0.6) is 0 Å². The molecule has 20 heavy (non-hydrogen) atoms. The summed E-state index contributed by atoms with van der Waals surface area (Å²) in [4.78, 5) is 25.2. The fourth-order valence-corrected chi connectivity index (χ4v) is 2.14. The molecule has 0 radical (unpaired) electrons. The molecule has 2 rings (SSSR count). The van der Waals surface area contributed by atoms with Gasteiger partial charge in [0.2, 0.25) is 0 Å². The highest BCUT2D eigenvalue weighted by atomic mass is 16.5. The third-order valence-corrected chi connectivity index (χ3v) is 3.37. The number of aliphatic hydroxyl groups is 3. The predicted octanol–water partition coefficient (Wildman–Crippen LogP) is -3.22. The fraction of sp³-hybridized carbons (Fsp3) is 0.636. The van der Waals surface area contributed by atoms with E-state index in [-0.39, 0.29) is 5.56 Å². The first-order valence-corrected chi connectivity index (χ1v) is 6.07. The molecule has 1 aromatic rings. The van der Waals surface area contributed by atoms with Crippen LogP contribution in [0.3, 0.4) is 0 Å². The summed E-state index contributed by atoms with van der Waals surface area (Å²) in [7, 11) is 0. The van der Waals surface area contributed by atoms with Gasteiger partial charge in [0.05, 0.1) is 12.6 Å². The molecule has 9 heteroatoms. The maximum Gasteiger partial charge on any atom is 0.330 e. The number of aliphatic hydroxyl groups excluding tert-OH is 3. The van der Waals surface area contributed by atoms with Crippen LogP contribution in [0.15, 0.2) is 15.8 Å². The van der Waals surface area contributed by atoms with Gasteiger partial charge in [0.15, 0.2) is 6.23 Å². The van der Waals surface area contributed by atoms with Crippen molar-refractivity contribution in [1.82, 2.24) is 9.55 Å². The van der Waals surface area contributed by atoms with Gasteiger partial charge in [-0.25, -0.2) is 4.79 Å². The Morgan fingerprint density at radius 3 is 2.65 bits per heavy atom. The molecule has 112 valence electrons. The summed E-state index contributed by atoms with van der Waals surface area (Å²) in [5.74, 6) is 0. The quantitative estimate of drug-likeness (QED) is 0.384. The molecule has 1 aliphatic heterocycles. The maximum atomic E-state index is 11.8. The molecular weight excluding hydrogens is 270 g/mol. The summed E-state index contributed by atoms with van der Waals surface area (Å²) in [6.07, 6.45) is -3.65. The van der Waals surface area contributed by atoms with E-state index in [4.69, 9.17) is 15.6 Å². The molecule has 1 aliphatic rings. The van der Waals surface area contributed by atoms with E-state index in [0.717, 1.165) is 4.57 Å². The van der Waals surface area contributed by atoms with Crippen molar-refractivity contribution < 1.29 is 20.1 Å². The van der Waals surface area contributed by atoms with Crippen molar-refractivity contribution in [3.63, 3.8) is 0 Å². The molecule has 0 unspecified atom stereocenters. The average Bonchev–Trinajstić information content (AvgIpc) is 2.41. The van der Waals surface area contributed by atoms with Crippen molar-refractivity contribution in [3.8, 4) is 0 Å². The molecule has 0 spiro atoms. The monoisotopic (exact) mass is 287 g/mol. The molecule has 9 nitrogen and oxygen atoms in total. The van der Waals surface area contributed by atoms with Crippen LogP contribution in [0.1, 0.15) is 11.8 Å². The normalized spacial score (nSPS) is 34.1. The van der Waals surface area contributed by atoms with Crippen LogP contribution in [-0.2, 0) is 4.74 Å². The Hall–Kier alpha value is -1.52. The van der Waals surface area contributed by atoms with Gasteiger partial charge in [-0.1, -0.05) is 0 Å². The van der Waals surface area contributed by atoms with Gasteiger partial charge in [-0.15, -0.1) is 0 Å². The summed E-state index contributed by atoms with van der Waals surface area (Å²) in [6.45, 7) is 0.955.